The normalized spacial score (nSPS) is 16.0. The third-order valence-corrected chi connectivity index (χ3v) is 4.60. The molecule has 5 nitrogen and oxygen atoms in total. The molecule has 1 aromatic carbocycles. The molecule has 24 heavy (non-hydrogen) atoms. The number of ether oxygens (including phenoxy) is 1. The lowest BCUT2D eigenvalue weighted by atomic mass is 9.69. The fraction of sp³-hybridized carbons (Fsp3) is 0.500. The molecule has 1 N–H and O–H groups in total. The van der Waals surface area contributed by atoms with Crippen molar-refractivity contribution in [3.8, 4) is 6.07 Å². The van der Waals surface area contributed by atoms with Crippen molar-refractivity contribution in [2.45, 2.75) is 43.9 Å². The summed E-state index contributed by atoms with van der Waals surface area (Å²) >= 11 is 6.09. The van der Waals surface area contributed by atoms with Crippen LogP contribution >= 0.6 is 11.6 Å². The fourth-order valence-electron chi connectivity index (χ4n) is 3.13. The zero-order chi connectivity index (χ0) is 17.4. The summed E-state index contributed by atoms with van der Waals surface area (Å²) < 4.78 is 5.29. The van der Waals surface area contributed by atoms with Crippen LogP contribution in [0.25, 0.3) is 0 Å². The number of rotatable bonds is 6. The molecule has 128 valence electrons. The molecule has 1 fully saturated rings. The van der Waals surface area contributed by atoms with Crippen LogP contribution in [-0.4, -0.2) is 25.0 Å². The maximum Gasteiger partial charge on any atom is 0.317 e. The lowest BCUT2D eigenvalue weighted by Crippen LogP contribution is -2.41. The largest absolute Gasteiger partial charge is 0.455 e. The summed E-state index contributed by atoms with van der Waals surface area (Å²) in [5.41, 5.74) is 0.125. The number of hydrogen-bond donors (Lipinski definition) is 1. The van der Waals surface area contributed by atoms with Crippen molar-refractivity contribution in [3.63, 3.8) is 0 Å². The highest BCUT2D eigenvalue weighted by atomic mass is 35.5. The molecule has 2 rings (SSSR count). The number of amides is 1. The summed E-state index contributed by atoms with van der Waals surface area (Å²) in [6.07, 6.45) is 4.59. The molecule has 0 atom stereocenters. The first-order valence-corrected chi connectivity index (χ1v) is 8.53. The van der Waals surface area contributed by atoms with E-state index < -0.39 is 11.3 Å². The first-order chi connectivity index (χ1) is 11.6. The van der Waals surface area contributed by atoms with Crippen molar-refractivity contribution in [2.75, 3.05) is 13.2 Å². The molecule has 0 heterocycles. The first-order valence-electron chi connectivity index (χ1n) is 8.15. The van der Waals surface area contributed by atoms with E-state index in [1.54, 1.807) is 12.1 Å². The zero-order valence-corrected chi connectivity index (χ0v) is 14.3. The Labute approximate surface area is 146 Å². The second-order valence-corrected chi connectivity index (χ2v) is 6.42. The van der Waals surface area contributed by atoms with Gasteiger partial charge in [-0.15, -0.1) is 0 Å². The third kappa shape index (κ3) is 4.48. The van der Waals surface area contributed by atoms with Gasteiger partial charge in [-0.2, -0.15) is 5.26 Å². The second kappa shape index (κ2) is 8.70. The van der Waals surface area contributed by atoms with Crippen LogP contribution in [0.4, 0.5) is 0 Å². The van der Waals surface area contributed by atoms with E-state index >= 15 is 0 Å². The number of hydrogen-bond acceptors (Lipinski definition) is 4. The summed E-state index contributed by atoms with van der Waals surface area (Å²) in [4.78, 5) is 24.4. The van der Waals surface area contributed by atoms with Crippen molar-refractivity contribution in [3.05, 3.63) is 34.9 Å². The Morgan fingerprint density at radius 1 is 1.29 bits per heavy atom. The molecule has 1 aliphatic rings. The van der Waals surface area contributed by atoms with Crippen LogP contribution in [0.1, 0.15) is 44.1 Å². The molecule has 0 aliphatic heterocycles. The molecule has 0 bridgehead atoms. The second-order valence-electron chi connectivity index (χ2n) is 5.99. The highest BCUT2D eigenvalue weighted by Gasteiger charge is 2.42. The van der Waals surface area contributed by atoms with E-state index in [2.05, 4.69) is 5.32 Å². The molecule has 1 aromatic rings. The van der Waals surface area contributed by atoms with Gasteiger partial charge in [0.05, 0.1) is 17.9 Å². The number of esters is 1. The Morgan fingerprint density at radius 3 is 2.71 bits per heavy atom. The van der Waals surface area contributed by atoms with E-state index in [0.29, 0.717) is 17.9 Å². The third-order valence-electron chi connectivity index (χ3n) is 4.37. The summed E-state index contributed by atoms with van der Waals surface area (Å²) in [5.74, 6) is -0.768. The van der Waals surface area contributed by atoms with Crippen molar-refractivity contribution >= 4 is 23.5 Å². The molecule has 0 saturated heterocycles. The Hall–Kier alpha value is -2.06. The molecule has 6 heteroatoms. The maximum atomic E-state index is 12.8. The minimum absolute atomic E-state index is 0.228. The van der Waals surface area contributed by atoms with E-state index in [-0.39, 0.29) is 25.5 Å². The van der Waals surface area contributed by atoms with Gasteiger partial charge in [-0.1, -0.05) is 43.0 Å². The molecular weight excluding hydrogens is 328 g/mol. The average molecular weight is 349 g/mol. The predicted molar refractivity (Wildman–Crippen MR) is 90.4 cm³/mol. The molecule has 1 aliphatic carbocycles. The van der Waals surface area contributed by atoms with Crippen molar-refractivity contribution in [1.82, 2.24) is 5.32 Å². The molecule has 0 aromatic heterocycles. The van der Waals surface area contributed by atoms with E-state index in [0.717, 1.165) is 24.8 Å². The van der Waals surface area contributed by atoms with E-state index in [1.165, 1.54) is 0 Å². The molecule has 0 radical (unpaired) electrons. The van der Waals surface area contributed by atoms with Gasteiger partial charge in [-0.3, -0.25) is 9.59 Å². The lowest BCUT2D eigenvalue weighted by molar-refractivity contribution is -0.155. The van der Waals surface area contributed by atoms with Crippen LogP contribution in [0.15, 0.2) is 24.3 Å². The van der Waals surface area contributed by atoms with Crippen LogP contribution in [-0.2, 0) is 19.7 Å². The Morgan fingerprint density at radius 2 is 2.04 bits per heavy atom. The van der Waals surface area contributed by atoms with Gasteiger partial charge in [0.2, 0.25) is 0 Å². The summed E-state index contributed by atoms with van der Waals surface area (Å²) in [6.45, 7) is -0.0705. The number of nitrogens with zero attached hydrogens (tertiary/aromatic N) is 1. The highest BCUT2D eigenvalue weighted by Crippen LogP contribution is 2.41. The van der Waals surface area contributed by atoms with Gasteiger partial charge in [0, 0.05) is 11.6 Å². The van der Waals surface area contributed by atoms with Crippen LogP contribution < -0.4 is 5.32 Å². The standard InChI is InChI=1S/C18H21ClN2O3/c19-15-7-4-6-14(12-15)18(8-2-1-3-9-18)17(23)24-13-16(22)21-11-5-10-20/h4,6-7,12H,1-3,5,8-9,11,13H2,(H,21,22). The van der Waals surface area contributed by atoms with E-state index in [1.807, 2.05) is 18.2 Å². The minimum atomic E-state index is -0.726. The van der Waals surface area contributed by atoms with Crippen molar-refractivity contribution in [2.24, 2.45) is 0 Å². The monoisotopic (exact) mass is 348 g/mol. The lowest BCUT2D eigenvalue weighted by Gasteiger charge is -2.35. The van der Waals surface area contributed by atoms with Crippen LogP contribution in [0.3, 0.4) is 0 Å². The van der Waals surface area contributed by atoms with Gasteiger partial charge < -0.3 is 10.1 Å². The number of nitriles is 1. The Bertz CT molecular complexity index is 633. The van der Waals surface area contributed by atoms with E-state index in [4.69, 9.17) is 21.6 Å². The maximum absolute atomic E-state index is 12.8. The van der Waals surface area contributed by atoms with Crippen molar-refractivity contribution < 1.29 is 14.3 Å². The van der Waals surface area contributed by atoms with Gasteiger partial charge in [-0.25, -0.2) is 0 Å². The summed E-state index contributed by atoms with van der Waals surface area (Å²) in [5, 5.41) is 11.6. The predicted octanol–water partition coefficient (Wildman–Crippen LogP) is 3.11. The Kier molecular flexibility index (Phi) is 6.62. The van der Waals surface area contributed by atoms with Crippen molar-refractivity contribution in [1.29, 1.82) is 5.26 Å². The smallest absolute Gasteiger partial charge is 0.317 e. The summed E-state index contributed by atoms with van der Waals surface area (Å²) in [6, 6.07) is 9.24. The van der Waals surface area contributed by atoms with Gasteiger partial charge in [0.15, 0.2) is 6.61 Å². The number of nitrogens with one attached hydrogen (secondary N) is 1. The topological polar surface area (TPSA) is 79.2 Å². The molecule has 1 saturated carbocycles. The molecule has 0 spiro atoms. The van der Waals surface area contributed by atoms with Gasteiger partial charge >= 0.3 is 5.97 Å². The van der Waals surface area contributed by atoms with Gasteiger partial charge in [0.25, 0.3) is 5.91 Å². The number of halogens is 1. The van der Waals surface area contributed by atoms with E-state index in [9.17, 15) is 9.59 Å². The van der Waals surface area contributed by atoms with Crippen LogP contribution in [0.5, 0.6) is 0 Å². The molecule has 0 unspecified atom stereocenters. The molecular formula is C18H21ClN2O3. The first kappa shape index (κ1) is 18.3. The zero-order valence-electron chi connectivity index (χ0n) is 13.5. The highest BCUT2D eigenvalue weighted by molar-refractivity contribution is 6.30. The number of carbonyl (C=O) groups excluding carboxylic acids is 2. The Balaban J connectivity index is 2.06. The van der Waals surface area contributed by atoms with Gasteiger partial charge in [0.1, 0.15) is 0 Å². The number of carbonyl (C=O) groups is 2. The minimum Gasteiger partial charge on any atom is -0.455 e. The molecule has 1 amide bonds. The SMILES string of the molecule is N#CCCNC(=O)COC(=O)C1(c2cccc(Cl)c2)CCCCC1. The average Bonchev–Trinajstić information content (AvgIpc) is 2.60. The fourth-order valence-corrected chi connectivity index (χ4v) is 3.32. The number of benzene rings is 1. The van der Waals surface area contributed by atoms with Crippen LogP contribution in [0, 0.1) is 11.3 Å². The van der Waals surface area contributed by atoms with Crippen LogP contribution in [0.2, 0.25) is 5.02 Å². The van der Waals surface area contributed by atoms with Gasteiger partial charge in [-0.05, 0) is 30.5 Å². The quantitative estimate of drug-likeness (QED) is 0.632. The summed E-state index contributed by atoms with van der Waals surface area (Å²) in [7, 11) is 0.